The molecule has 0 spiro atoms. The van der Waals surface area contributed by atoms with Crippen LogP contribution in [0.15, 0.2) is 12.3 Å². The van der Waals surface area contributed by atoms with Gasteiger partial charge >= 0.3 is 0 Å². The van der Waals surface area contributed by atoms with Crippen LogP contribution in [0.1, 0.15) is 31.9 Å². The van der Waals surface area contributed by atoms with Gasteiger partial charge in [-0.15, -0.1) is 0 Å². The second-order valence-electron chi connectivity index (χ2n) is 5.41. The van der Waals surface area contributed by atoms with Crippen LogP contribution in [0.4, 0.5) is 0 Å². The molecule has 0 atom stereocenters. The van der Waals surface area contributed by atoms with Crippen molar-refractivity contribution in [1.82, 2.24) is 20.0 Å². The van der Waals surface area contributed by atoms with Crippen molar-refractivity contribution in [3.05, 3.63) is 18.0 Å². The summed E-state index contributed by atoms with van der Waals surface area (Å²) in [5.74, 6) is 0.863. The largest absolute Gasteiger partial charge is 0.317 e. The summed E-state index contributed by atoms with van der Waals surface area (Å²) in [5.41, 5.74) is 1.19. The number of nitrogens with one attached hydrogen (secondary N) is 1. The van der Waals surface area contributed by atoms with Gasteiger partial charge in [-0.2, -0.15) is 5.10 Å². The number of hydrogen-bond acceptors (Lipinski definition) is 3. The first kappa shape index (κ1) is 13.6. The molecule has 0 unspecified atom stereocenters. The van der Waals surface area contributed by atoms with Crippen molar-refractivity contribution >= 4 is 0 Å². The third-order valence-corrected chi connectivity index (χ3v) is 3.67. The Morgan fingerprint density at radius 3 is 2.83 bits per heavy atom. The van der Waals surface area contributed by atoms with E-state index in [1.54, 1.807) is 0 Å². The quantitative estimate of drug-likeness (QED) is 0.833. The molecule has 2 rings (SSSR count). The molecule has 0 radical (unpaired) electrons. The highest BCUT2D eigenvalue weighted by atomic mass is 15.3. The summed E-state index contributed by atoms with van der Waals surface area (Å²) >= 11 is 0. The number of piperidine rings is 1. The zero-order chi connectivity index (χ0) is 12.8. The lowest BCUT2D eigenvalue weighted by Crippen LogP contribution is -2.36. The Morgan fingerprint density at radius 2 is 2.22 bits per heavy atom. The molecule has 0 aliphatic carbocycles. The van der Waals surface area contributed by atoms with E-state index in [2.05, 4.69) is 28.3 Å². The second-order valence-corrected chi connectivity index (χ2v) is 5.41. The van der Waals surface area contributed by atoms with E-state index in [9.17, 15) is 0 Å². The van der Waals surface area contributed by atoms with Gasteiger partial charge in [0.15, 0.2) is 0 Å². The standard InChI is InChI=1S/C14H26N4/c1-3-9-18(11-13-4-7-15-8-5-13)12-14-6-10-17(2)16-14/h6,10,13,15H,3-5,7-9,11-12H2,1-2H3. The fourth-order valence-electron chi connectivity index (χ4n) is 2.76. The van der Waals surface area contributed by atoms with Crippen LogP contribution in [0.3, 0.4) is 0 Å². The molecule has 18 heavy (non-hydrogen) atoms. The van der Waals surface area contributed by atoms with Crippen LogP contribution in [-0.4, -0.2) is 40.9 Å². The Labute approximate surface area is 110 Å². The van der Waals surface area contributed by atoms with E-state index < -0.39 is 0 Å². The molecule has 1 fully saturated rings. The number of rotatable bonds is 6. The molecule has 4 nitrogen and oxygen atoms in total. The number of aromatic nitrogens is 2. The fraction of sp³-hybridized carbons (Fsp3) is 0.786. The first-order valence-corrected chi connectivity index (χ1v) is 7.19. The van der Waals surface area contributed by atoms with Crippen LogP contribution < -0.4 is 5.32 Å². The minimum absolute atomic E-state index is 0.863. The van der Waals surface area contributed by atoms with Crippen molar-refractivity contribution in [2.75, 3.05) is 26.2 Å². The van der Waals surface area contributed by atoms with Crippen LogP contribution in [0.5, 0.6) is 0 Å². The van der Waals surface area contributed by atoms with Gasteiger partial charge in [0.25, 0.3) is 0 Å². The summed E-state index contributed by atoms with van der Waals surface area (Å²) in [6, 6.07) is 2.13. The molecule has 0 aromatic carbocycles. The normalized spacial score (nSPS) is 17.5. The minimum atomic E-state index is 0.863. The third-order valence-electron chi connectivity index (χ3n) is 3.67. The summed E-state index contributed by atoms with van der Waals surface area (Å²) in [6.45, 7) is 8.04. The molecule has 102 valence electrons. The fourth-order valence-corrected chi connectivity index (χ4v) is 2.76. The van der Waals surface area contributed by atoms with Gasteiger partial charge in [0.05, 0.1) is 5.69 Å². The van der Waals surface area contributed by atoms with Crippen molar-refractivity contribution < 1.29 is 0 Å². The molecule has 0 bridgehead atoms. The molecule has 1 aliphatic rings. The highest BCUT2D eigenvalue weighted by Crippen LogP contribution is 2.15. The average Bonchev–Trinajstić information content (AvgIpc) is 2.76. The lowest BCUT2D eigenvalue weighted by molar-refractivity contribution is 0.196. The van der Waals surface area contributed by atoms with Crippen molar-refractivity contribution in [1.29, 1.82) is 0 Å². The van der Waals surface area contributed by atoms with E-state index in [4.69, 9.17) is 0 Å². The predicted octanol–water partition coefficient (Wildman–Crippen LogP) is 1.63. The summed E-state index contributed by atoms with van der Waals surface area (Å²) in [5, 5.41) is 7.93. The lowest BCUT2D eigenvalue weighted by Gasteiger charge is -2.29. The first-order valence-electron chi connectivity index (χ1n) is 7.19. The van der Waals surface area contributed by atoms with Crippen LogP contribution in [0.2, 0.25) is 0 Å². The van der Waals surface area contributed by atoms with Gasteiger partial charge in [-0.3, -0.25) is 9.58 Å². The van der Waals surface area contributed by atoms with Gasteiger partial charge in [0, 0.05) is 26.3 Å². The summed E-state index contributed by atoms with van der Waals surface area (Å²) in [6.07, 6.45) is 5.90. The van der Waals surface area contributed by atoms with Crippen LogP contribution in [0, 0.1) is 5.92 Å². The molecule has 1 N–H and O–H groups in total. The third kappa shape index (κ3) is 4.10. The maximum atomic E-state index is 4.49. The van der Waals surface area contributed by atoms with E-state index in [1.807, 2.05) is 17.9 Å². The second kappa shape index (κ2) is 6.90. The highest BCUT2D eigenvalue weighted by Gasteiger charge is 2.17. The first-order chi connectivity index (χ1) is 8.78. The number of nitrogens with zero attached hydrogens (tertiary/aromatic N) is 3. The zero-order valence-corrected chi connectivity index (χ0v) is 11.7. The Balaban J connectivity index is 1.86. The maximum Gasteiger partial charge on any atom is 0.0764 e. The van der Waals surface area contributed by atoms with Crippen molar-refractivity contribution in [2.45, 2.75) is 32.7 Å². The molecule has 1 saturated heterocycles. The molecule has 1 aromatic heterocycles. The Kier molecular flexibility index (Phi) is 5.20. The maximum absolute atomic E-state index is 4.49. The summed E-state index contributed by atoms with van der Waals surface area (Å²) in [7, 11) is 1.99. The molecule has 2 heterocycles. The van der Waals surface area contributed by atoms with Gasteiger partial charge in [0.2, 0.25) is 0 Å². The van der Waals surface area contributed by atoms with Gasteiger partial charge in [-0.25, -0.2) is 0 Å². The van der Waals surface area contributed by atoms with E-state index in [-0.39, 0.29) is 0 Å². The SMILES string of the molecule is CCCN(Cc1ccn(C)n1)CC1CCNCC1. The minimum Gasteiger partial charge on any atom is -0.317 e. The van der Waals surface area contributed by atoms with Crippen molar-refractivity contribution in [2.24, 2.45) is 13.0 Å². The molecule has 0 saturated carbocycles. The van der Waals surface area contributed by atoms with Crippen LogP contribution >= 0.6 is 0 Å². The van der Waals surface area contributed by atoms with Crippen molar-refractivity contribution in [3.63, 3.8) is 0 Å². The Bertz CT molecular complexity index is 341. The molecule has 4 heteroatoms. The van der Waals surface area contributed by atoms with E-state index in [0.717, 1.165) is 12.5 Å². The highest BCUT2D eigenvalue weighted by molar-refractivity contribution is 4.98. The average molecular weight is 250 g/mol. The molecule has 1 aromatic rings. The van der Waals surface area contributed by atoms with Gasteiger partial charge in [-0.1, -0.05) is 6.92 Å². The van der Waals surface area contributed by atoms with Gasteiger partial charge in [0.1, 0.15) is 0 Å². The Hall–Kier alpha value is -0.870. The summed E-state index contributed by atoms with van der Waals surface area (Å²) < 4.78 is 1.89. The van der Waals surface area contributed by atoms with Gasteiger partial charge < -0.3 is 5.32 Å². The van der Waals surface area contributed by atoms with E-state index >= 15 is 0 Å². The molecular weight excluding hydrogens is 224 g/mol. The summed E-state index contributed by atoms with van der Waals surface area (Å²) in [4.78, 5) is 2.57. The van der Waals surface area contributed by atoms with E-state index in [1.165, 1.54) is 51.1 Å². The molecular formula is C14H26N4. The Morgan fingerprint density at radius 1 is 1.44 bits per heavy atom. The van der Waals surface area contributed by atoms with Crippen molar-refractivity contribution in [3.8, 4) is 0 Å². The predicted molar refractivity (Wildman–Crippen MR) is 74.4 cm³/mol. The van der Waals surface area contributed by atoms with Crippen LogP contribution in [-0.2, 0) is 13.6 Å². The molecule has 0 amide bonds. The zero-order valence-electron chi connectivity index (χ0n) is 11.7. The van der Waals surface area contributed by atoms with Gasteiger partial charge in [-0.05, 0) is 50.9 Å². The molecule has 1 aliphatic heterocycles. The monoisotopic (exact) mass is 250 g/mol. The smallest absolute Gasteiger partial charge is 0.0764 e. The number of aryl methyl sites for hydroxylation is 1. The topological polar surface area (TPSA) is 33.1 Å². The lowest BCUT2D eigenvalue weighted by atomic mass is 9.97. The number of hydrogen-bond donors (Lipinski definition) is 1. The van der Waals surface area contributed by atoms with Crippen LogP contribution in [0.25, 0.3) is 0 Å². The van der Waals surface area contributed by atoms with E-state index in [0.29, 0.717) is 0 Å².